The number of aromatic nitrogens is 3. The van der Waals surface area contributed by atoms with Crippen molar-refractivity contribution in [2.75, 3.05) is 62.8 Å². The van der Waals surface area contributed by atoms with E-state index in [1.54, 1.807) is 17.5 Å². The van der Waals surface area contributed by atoms with Crippen molar-refractivity contribution in [3.8, 4) is 0 Å². The standard InChI is InChI=1S/C28H35FN6O3/c1-3-6-20-8-9-21(29)19-22(20)23-7-5-12-34(23)24-10-13-35-27(31-24)25(28(36)38-4-2)26(32-35)30-11-14-33-15-17-37-18-16-33/h3,6,8-10,13,19,23H,4-5,7,11-12,14-18H2,1-2H3,(H,30,32)/b6-3+/t23-/m1/s1. The highest BCUT2D eigenvalue weighted by Crippen LogP contribution is 2.38. The minimum absolute atomic E-state index is 0.0214. The predicted octanol–water partition coefficient (Wildman–Crippen LogP) is 4.16. The van der Waals surface area contributed by atoms with Crippen LogP contribution in [0, 0.1) is 5.82 Å². The number of esters is 1. The molecule has 0 radical (unpaired) electrons. The second kappa shape index (κ2) is 11.9. The molecule has 3 aromatic rings. The van der Waals surface area contributed by atoms with Gasteiger partial charge in [0, 0.05) is 38.9 Å². The summed E-state index contributed by atoms with van der Waals surface area (Å²) in [5.41, 5.74) is 2.70. The Morgan fingerprint density at radius 3 is 2.89 bits per heavy atom. The van der Waals surface area contributed by atoms with Crippen molar-refractivity contribution in [1.29, 1.82) is 0 Å². The number of halogens is 1. The Hall–Kier alpha value is -3.50. The number of nitrogens with one attached hydrogen (secondary N) is 1. The van der Waals surface area contributed by atoms with Crippen LogP contribution in [0.15, 0.2) is 36.5 Å². The number of allylic oxidation sites excluding steroid dienone is 1. The van der Waals surface area contributed by atoms with Gasteiger partial charge in [-0.25, -0.2) is 18.7 Å². The molecule has 202 valence electrons. The highest BCUT2D eigenvalue weighted by atomic mass is 19.1. The highest BCUT2D eigenvalue weighted by molar-refractivity contribution is 6.01. The predicted molar refractivity (Wildman–Crippen MR) is 145 cm³/mol. The SMILES string of the molecule is C/C=C/c1ccc(F)cc1[C@H]1CCCN1c1ccn2nc(NCCN3CCOCC3)c(C(=O)OCC)c2n1. The van der Waals surface area contributed by atoms with Crippen molar-refractivity contribution >= 4 is 29.3 Å². The van der Waals surface area contributed by atoms with E-state index in [1.807, 2.05) is 37.4 Å². The van der Waals surface area contributed by atoms with Gasteiger partial charge < -0.3 is 19.7 Å². The second-order valence-electron chi connectivity index (χ2n) is 9.50. The molecule has 1 N–H and O–H groups in total. The Balaban J connectivity index is 1.45. The zero-order valence-electron chi connectivity index (χ0n) is 22.0. The number of carbonyl (C=O) groups excluding carboxylic acids is 1. The summed E-state index contributed by atoms with van der Waals surface area (Å²) in [4.78, 5) is 22.4. The number of nitrogens with zero attached hydrogens (tertiary/aromatic N) is 5. The van der Waals surface area contributed by atoms with Gasteiger partial charge in [0.15, 0.2) is 11.5 Å². The maximum Gasteiger partial charge on any atom is 0.345 e. The fraction of sp³-hybridized carbons (Fsp3) is 0.464. The summed E-state index contributed by atoms with van der Waals surface area (Å²) in [6.07, 6.45) is 7.64. The highest BCUT2D eigenvalue weighted by Gasteiger charge is 2.30. The Bertz CT molecular complexity index is 1300. The van der Waals surface area contributed by atoms with Crippen molar-refractivity contribution < 1.29 is 18.7 Å². The molecule has 0 saturated carbocycles. The summed E-state index contributed by atoms with van der Waals surface area (Å²) in [5.74, 6) is 0.469. The largest absolute Gasteiger partial charge is 0.462 e. The minimum Gasteiger partial charge on any atom is -0.462 e. The van der Waals surface area contributed by atoms with Gasteiger partial charge in [-0.1, -0.05) is 18.2 Å². The number of ether oxygens (including phenoxy) is 2. The molecule has 4 heterocycles. The van der Waals surface area contributed by atoms with Gasteiger partial charge in [0.25, 0.3) is 0 Å². The number of hydrogen-bond donors (Lipinski definition) is 1. The molecule has 0 spiro atoms. The normalized spacial score (nSPS) is 18.5. The number of morpholine rings is 1. The summed E-state index contributed by atoms with van der Waals surface area (Å²) in [5, 5.41) is 7.94. The van der Waals surface area contributed by atoms with Crippen LogP contribution in [0.3, 0.4) is 0 Å². The average molecular weight is 523 g/mol. The topological polar surface area (TPSA) is 84.2 Å². The molecule has 0 unspecified atom stereocenters. The zero-order chi connectivity index (χ0) is 26.5. The lowest BCUT2D eigenvalue weighted by atomic mass is 9.97. The van der Waals surface area contributed by atoms with Crippen LogP contribution in [0.5, 0.6) is 0 Å². The maximum absolute atomic E-state index is 14.3. The van der Waals surface area contributed by atoms with Crippen LogP contribution in [0.25, 0.3) is 11.7 Å². The van der Waals surface area contributed by atoms with Gasteiger partial charge in [-0.05, 0) is 56.0 Å². The average Bonchev–Trinajstić information content (AvgIpc) is 3.55. The number of benzene rings is 1. The van der Waals surface area contributed by atoms with E-state index in [-0.39, 0.29) is 18.5 Å². The summed E-state index contributed by atoms with van der Waals surface area (Å²) in [6, 6.07) is 6.82. The molecular formula is C28H35FN6O3. The van der Waals surface area contributed by atoms with Crippen molar-refractivity contribution in [3.63, 3.8) is 0 Å². The number of rotatable bonds is 9. The smallest absolute Gasteiger partial charge is 0.345 e. The van der Waals surface area contributed by atoms with Gasteiger partial charge in [0.2, 0.25) is 0 Å². The van der Waals surface area contributed by atoms with Crippen LogP contribution in [0.4, 0.5) is 16.0 Å². The molecule has 0 bridgehead atoms. The van der Waals surface area contributed by atoms with Gasteiger partial charge in [-0.3, -0.25) is 4.90 Å². The minimum atomic E-state index is -0.459. The molecule has 0 amide bonds. The van der Waals surface area contributed by atoms with Crippen molar-refractivity contribution in [1.82, 2.24) is 19.5 Å². The lowest BCUT2D eigenvalue weighted by Crippen LogP contribution is -2.39. The van der Waals surface area contributed by atoms with E-state index in [0.717, 1.165) is 69.2 Å². The van der Waals surface area contributed by atoms with Crippen molar-refractivity contribution in [2.45, 2.75) is 32.7 Å². The number of fused-ring (bicyclic) bond motifs is 1. The van der Waals surface area contributed by atoms with E-state index in [2.05, 4.69) is 20.2 Å². The molecule has 2 aliphatic heterocycles. The maximum atomic E-state index is 14.3. The van der Waals surface area contributed by atoms with Gasteiger partial charge in [-0.2, -0.15) is 0 Å². The molecule has 10 heteroatoms. The first-order chi connectivity index (χ1) is 18.6. The molecule has 5 rings (SSSR count). The Labute approximate surface area is 222 Å². The summed E-state index contributed by atoms with van der Waals surface area (Å²) < 4.78 is 26.7. The molecule has 1 aromatic carbocycles. The number of anilines is 2. The molecule has 9 nitrogen and oxygen atoms in total. The first-order valence-corrected chi connectivity index (χ1v) is 13.4. The zero-order valence-corrected chi connectivity index (χ0v) is 22.0. The van der Waals surface area contributed by atoms with E-state index < -0.39 is 5.97 Å². The second-order valence-corrected chi connectivity index (χ2v) is 9.50. The summed E-state index contributed by atoms with van der Waals surface area (Å²) in [7, 11) is 0. The molecule has 2 saturated heterocycles. The van der Waals surface area contributed by atoms with Crippen LogP contribution in [0.2, 0.25) is 0 Å². The van der Waals surface area contributed by atoms with Gasteiger partial charge in [0.1, 0.15) is 17.2 Å². The third-order valence-corrected chi connectivity index (χ3v) is 7.08. The van der Waals surface area contributed by atoms with E-state index >= 15 is 0 Å². The van der Waals surface area contributed by atoms with Crippen LogP contribution in [-0.4, -0.2) is 78.0 Å². The molecule has 2 fully saturated rings. The van der Waals surface area contributed by atoms with E-state index in [9.17, 15) is 9.18 Å². The lowest BCUT2D eigenvalue weighted by molar-refractivity contribution is 0.0398. The van der Waals surface area contributed by atoms with Crippen molar-refractivity contribution in [2.24, 2.45) is 0 Å². The summed E-state index contributed by atoms with van der Waals surface area (Å²) >= 11 is 0. The number of carbonyl (C=O) groups is 1. The fourth-order valence-electron chi connectivity index (χ4n) is 5.28. The van der Waals surface area contributed by atoms with Gasteiger partial charge in [-0.15, -0.1) is 5.10 Å². The molecular weight excluding hydrogens is 487 g/mol. The van der Waals surface area contributed by atoms with Gasteiger partial charge >= 0.3 is 5.97 Å². The van der Waals surface area contributed by atoms with E-state index in [1.165, 1.54) is 6.07 Å². The fourth-order valence-corrected chi connectivity index (χ4v) is 5.28. The van der Waals surface area contributed by atoms with Crippen molar-refractivity contribution in [3.05, 3.63) is 59.0 Å². The van der Waals surface area contributed by atoms with Crippen LogP contribution in [0.1, 0.15) is 54.2 Å². The van der Waals surface area contributed by atoms with Crippen LogP contribution in [-0.2, 0) is 9.47 Å². The van der Waals surface area contributed by atoms with E-state index in [4.69, 9.17) is 14.5 Å². The first-order valence-electron chi connectivity index (χ1n) is 13.4. The third kappa shape index (κ3) is 5.51. The quantitative estimate of drug-likeness (QED) is 0.420. The molecule has 0 aliphatic carbocycles. The molecule has 38 heavy (non-hydrogen) atoms. The lowest BCUT2D eigenvalue weighted by Gasteiger charge is -2.27. The number of hydrogen-bond acceptors (Lipinski definition) is 8. The van der Waals surface area contributed by atoms with Gasteiger partial charge in [0.05, 0.1) is 25.9 Å². The monoisotopic (exact) mass is 522 g/mol. The Morgan fingerprint density at radius 2 is 2.11 bits per heavy atom. The third-order valence-electron chi connectivity index (χ3n) is 7.08. The van der Waals surface area contributed by atoms with Crippen LogP contribution < -0.4 is 10.2 Å². The Morgan fingerprint density at radius 1 is 1.26 bits per heavy atom. The van der Waals surface area contributed by atoms with Crippen LogP contribution >= 0.6 is 0 Å². The first kappa shape index (κ1) is 26.1. The van der Waals surface area contributed by atoms with E-state index in [0.29, 0.717) is 23.6 Å². The summed E-state index contributed by atoms with van der Waals surface area (Å²) in [6.45, 7) is 9.47. The molecule has 2 aromatic heterocycles. The Kier molecular flexibility index (Phi) is 8.19. The molecule has 2 aliphatic rings. The molecule has 1 atom stereocenters.